The van der Waals surface area contributed by atoms with E-state index in [0.717, 1.165) is 62.6 Å². The molecule has 4 rings (SSSR count). The summed E-state index contributed by atoms with van der Waals surface area (Å²) in [5.41, 5.74) is 3.55. The van der Waals surface area contributed by atoms with E-state index in [1.807, 2.05) is 12.1 Å². The molecule has 0 aliphatic carbocycles. The van der Waals surface area contributed by atoms with Gasteiger partial charge in [-0.05, 0) is 31.5 Å². The average Bonchev–Trinajstić information content (AvgIpc) is 2.88. The fourth-order valence-corrected chi connectivity index (χ4v) is 3.25. The van der Waals surface area contributed by atoms with Crippen LogP contribution in [0.4, 0.5) is 5.82 Å². The van der Waals surface area contributed by atoms with Crippen molar-refractivity contribution >= 4 is 5.82 Å². The van der Waals surface area contributed by atoms with Crippen molar-refractivity contribution < 1.29 is 0 Å². The fraction of sp³-hybridized carbons (Fsp3) is 0.389. The van der Waals surface area contributed by atoms with Crippen molar-refractivity contribution in [3.8, 4) is 11.4 Å². The standard InChI is InChI=1S/C18H21N5/c1-2-12-23(13-3-1)18-15-6-10-20-11-7-16(15)21-17(22-18)14-4-8-19-9-5-14/h1-2,4-5,8-9,20H,3,6-7,10-13H2. The van der Waals surface area contributed by atoms with Crippen molar-refractivity contribution in [2.75, 3.05) is 31.1 Å². The van der Waals surface area contributed by atoms with E-state index in [2.05, 4.69) is 27.4 Å². The van der Waals surface area contributed by atoms with Gasteiger partial charge in [-0.3, -0.25) is 4.98 Å². The van der Waals surface area contributed by atoms with Crippen LogP contribution in [-0.2, 0) is 12.8 Å². The number of anilines is 1. The smallest absolute Gasteiger partial charge is 0.161 e. The minimum Gasteiger partial charge on any atom is -0.352 e. The zero-order chi connectivity index (χ0) is 15.5. The number of aromatic nitrogens is 3. The summed E-state index contributed by atoms with van der Waals surface area (Å²) in [4.78, 5) is 16.3. The second kappa shape index (κ2) is 6.46. The zero-order valence-corrected chi connectivity index (χ0v) is 13.2. The molecule has 4 heterocycles. The van der Waals surface area contributed by atoms with Gasteiger partial charge in [-0.15, -0.1) is 0 Å². The Kier molecular flexibility index (Phi) is 4.03. The predicted molar refractivity (Wildman–Crippen MR) is 91.5 cm³/mol. The zero-order valence-electron chi connectivity index (χ0n) is 13.2. The van der Waals surface area contributed by atoms with Gasteiger partial charge in [-0.25, -0.2) is 9.97 Å². The predicted octanol–water partition coefficient (Wildman–Crippen LogP) is 1.99. The van der Waals surface area contributed by atoms with Gasteiger partial charge in [-0.2, -0.15) is 0 Å². The van der Waals surface area contributed by atoms with Crippen LogP contribution in [0.5, 0.6) is 0 Å². The molecule has 0 atom stereocenters. The monoisotopic (exact) mass is 307 g/mol. The van der Waals surface area contributed by atoms with Crippen LogP contribution in [0.2, 0.25) is 0 Å². The first-order valence-corrected chi connectivity index (χ1v) is 8.32. The van der Waals surface area contributed by atoms with E-state index in [0.29, 0.717) is 0 Å². The number of fused-ring (bicyclic) bond motifs is 1. The molecule has 2 aliphatic heterocycles. The fourth-order valence-electron chi connectivity index (χ4n) is 3.25. The van der Waals surface area contributed by atoms with Gasteiger partial charge in [0.2, 0.25) is 0 Å². The Bertz CT molecular complexity index is 711. The van der Waals surface area contributed by atoms with Crippen molar-refractivity contribution in [2.24, 2.45) is 0 Å². The van der Waals surface area contributed by atoms with Gasteiger partial charge in [-0.1, -0.05) is 12.2 Å². The molecule has 2 aliphatic rings. The van der Waals surface area contributed by atoms with E-state index < -0.39 is 0 Å². The van der Waals surface area contributed by atoms with E-state index >= 15 is 0 Å². The molecule has 1 N–H and O–H groups in total. The first-order chi connectivity index (χ1) is 11.4. The second-order valence-electron chi connectivity index (χ2n) is 5.99. The molecule has 2 aromatic rings. The lowest BCUT2D eigenvalue weighted by Gasteiger charge is -2.27. The van der Waals surface area contributed by atoms with E-state index in [4.69, 9.17) is 9.97 Å². The lowest BCUT2D eigenvalue weighted by Crippen LogP contribution is -2.29. The Hall–Kier alpha value is -2.27. The van der Waals surface area contributed by atoms with Gasteiger partial charge in [0.25, 0.3) is 0 Å². The van der Waals surface area contributed by atoms with Crippen LogP contribution in [0.25, 0.3) is 11.4 Å². The van der Waals surface area contributed by atoms with Gasteiger partial charge in [0.15, 0.2) is 5.82 Å². The minimum absolute atomic E-state index is 0.817. The van der Waals surface area contributed by atoms with Gasteiger partial charge in [0.1, 0.15) is 5.82 Å². The number of nitrogens with zero attached hydrogens (tertiary/aromatic N) is 4. The third-order valence-corrected chi connectivity index (χ3v) is 4.46. The summed E-state index contributed by atoms with van der Waals surface area (Å²) in [6, 6.07) is 3.97. The Morgan fingerprint density at radius 3 is 2.70 bits per heavy atom. The second-order valence-corrected chi connectivity index (χ2v) is 5.99. The number of nitrogens with one attached hydrogen (secondary N) is 1. The third-order valence-electron chi connectivity index (χ3n) is 4.46. The van der Waals surface area contributed by atoms with Crippen LogP contribution in [0.1, 0.15) is 17.7 Å². The van der Waals surface area contributed by atoms with Crippen LogP contribution in [-0.4, -0.2) is 41.1 Å². The highest BCUT2D eigenvalue weighted by molar-refractivity contribution is 5.61. The summed E-state index contributed by atoms with van der Waals surface area (Å²) in [5.74, 6) is 1.94. The molecular weight excluding hydrogens is 286 g/mol. The summed E-state index contributed by atoms with van der Waals surface area (Å²) in [7, 11) is 0. The normalized spacial score (nSPS) is 17.7. The Balaban J connectivity index is 1.83. The van der Waals surface area contributed by atoms with E-state index in [9.17, 15) is 0 Å². The highest BCUT2D eigenvalue weighted by Crippen LogP contribution is 2.27. The molecule has 5 nitrogen and oxygen atoms in total. The molecule has 0 aromatic carbocycles. The molecular formula is C18H21N5. The largest absolute Gasteiger partial charge is 0.352 e. The maximum Gasteiger partial charge on any atom is 0.161 e. The molecule has 23 heavy (non-hydrogen) atoms. The highest BCUT2D eigenvalue weighted by atomic mass is 15.2. The molecule has 0 spiro atoms. The molecule has 0 amide bonds. The molecule has 0 fully saturated rings. The lowest BCUT2D eigenvalue weighted by atomic mass is 10.1. The van der Waals surface area contributed by atoms with Crippen molar-refractivity contribution in [2.45, 2.75) is 19.3 Å². The SMILES string of the molecule is C1=CCN(c2nc(-c3ccncc3)nc3c2CCNCC3)CC1. The summed E-state index contributed by atoms with van der Waals surface area (Å²) in [6.07, 6.45) is 11.1. The summed E-state index contributed by atoms with van der Waals surface area (Å²) in [6.45, 7) is 3.95. The topological polar surface area (TPSA) is 53.9 Å². The van der Waals surface area contributed by atoms with Crippen molar-refractivity contribution in [3.05, 3.63) is 47.9 Å². The number of hydrogen-bond donors (Lipinski definition) is 1. The van der Waals surface area contributed by atoms with Crippen LogP contribution in [0.3, 0.4) is 0 Å². The molecule has 0 radical (unpaired) electrons. The first-order valence-electron chi connectivity index (χ1n) is 8.32. The summed E-state index contributed by atoms with van der Waals surface area (Å²) < 4.78 is 0. The Morgan fingerprint density at radius 2 is 1.87 bits per heavy atom. The Labute approximate surface area is 136 Å². The van der Waals surface area contributed by atoms with Gasteiger partial charge in [0, 0.05) is 49.6 Å². The van der Waals surface area contributed by atoms with E-state index in [1.165, 1.54) is 11.3 Å². The maximum atomic E-state index is 4.95. The molecule has 2 aromatic heterocycles. The highest BCUT2D eigenvalue weighted by Gasteiger charge is 2.21. The van der Waals surface area contributed by atoms with Crippen LogP contribution < -0.4 is 10.2 Å². The van der Waals surface area contributed by atoms with Crippen LogP contribution >= 0.6 is 0 Å². The number of rotatable bonds is 2. The summed E-state index contributed by atoms with van der Waals surface area (Å²) in [5, 5.41) is 3.47. The van der Waals surface area contributed by atoms with Gasteiger partial charge >= 0.3 is 0 Å². The van der Waals surface area contributed by atoms with E-state index in [1.54, 1.807) is 12.4 Å². The van der Waals surface area contributed by atoms with Crippen molar-refractivity contribution in [1.29, 1.82) is 0 Å². The van der Waals surface area contributed by atoms with Crippen LogP contribution in [0, 0.1) is 0 Å². The quantitative estimate of drug-likeness (QED) is 0.860. The first kappa shape index (κ1) is 14.3. The molecule has 5 heteroatoms. The molecule has 0 unspecified atom stereocenters. The Morgan fingerprint density at radius 1 is 1.00 bits per heavy atom. The molecule has 0 bridgehead atoms. The number of pyridine rings is 1. The minimum atomic E-state index is 0.817. The van der Waals surface area contributed by atoms with E-state index in [-0.39, 0.29) is 0 Å². The molecule has 0 saturated carbocycles. The third kappa shape index (κ3) is 2.97. The molecule has 0 saturated heterocycles. The van der Waals surface area contributed by atoms with Gasteiger partial charge in [0.05, 0.1) is 5.69 Å². The molecule has 118 valence electrons. The number of hydrogen-bond acceptors (Lipinski definition) is 5. The van der Waals surface area contributed by atoms with Crippen molar-refractivity contribution in [1.82, 2.24) is 20.3 Å². The van der Waals surface area contributed by atoms with Gasteiger partial charge < -0.3 is 10.2 Å². The maximum absolute atomic E-state index is 4.95. The lowest BCUT2D eigenvalue weighted by molar-refractivity contribution is 0.707. The van der Waals surface area contributed by atoms with Crippen LogP contribution in [0.15, 0.2) is 36.7 Å². The summed E-state index contributed by atoms with van der Waals surface area (Å²) >= 11 is 0. The van der Waals surface area contributed by atoms with Crippen molar-refractivity contribution in [3.63, 3.8) is 0 Å². The average molecular weight is 307 g/mol.